The molecule has 0 saturated heterocycles. The van der Waals surface area contributed by atoms with Crippen molar-refractivity contribution in [3.8, 4) is 0 Å². The van der Waals surface area contributed by atoms with Crippen LogP contribution in [-0.4, -0.2) is 32.2 Å². The molecule has 0 heterocycles. The minimum atomic E-state index is -3.45. The van der Waals surface area contributed by atoms with Crippen LogP contribution in [0.1, 0.15) is 45.4 Å². The lowest BCUT2D eigenvalue weighted by molar-refractivity contribution is 0.130. The van der Waals surface area contributed by atoms with Crippen molar-refractivity contribution in [1.29, 1.82) is 0 Å². The number of hydrogen-bond acceptors (Lipinski definition) is 3. The number of aliphatic hydroxyl groups is 1. The first-order valence-corrected chi connectivity index (χ1v) is 7.48. The van der Waals surface area contributed by atoms with E-state index in [1.165, 1.54) is 0 Å². The van der Waals surface area contributed by atoms with Gasteiger partial charge in [0, 0.05) is 12.6 Å². The molecule has 0 bridgehead atoms. The first kappa shape index (κ1) is 13.9. The maximum atomic E-state index is 11.6. The van der Waals surface area contributed by atoms with Crippen molar-refractivity contribution in [2.45, 2.75) is 57.6 Å². The van der Waals surface area contributed by atoms with Gasteiger partial charge < -0.3 is 5.11 Å². The average Bonchev–Trinajstić information content (AvgIpc) is 2.41. The zero-order valence-corrected chi connectivity index (χ0v) is 10.6. The summed E-state index contributed by atoms with van der Waals surface area (Å²) in [5, 5.41) is 9.78. The largest absolute Gasteiger partial charge is 0.391 e. The molecule has 0 spiro atoms. The smallest absolute Gasteiger partial charge is 0.277 e. The normalized spacial score (nSPS) is 27.6. The molecule has 16 heavy (non-hydrogen) atoms. The standard InChI is InChI=1S/C10H22N2O3S/c1-2-8-11-16(14,15)12-9-6-4-3-5-7-10(9)13/h9-13H,2-8H2,1H3. The number of hydrogen-bond donors (Lipinski definition) is 3. The third-order valence-corrected chi connectivity index (χ3v) is 4.03. The van der Waals surface area contributed by atoms with Gasteiger partial charge in [-0.1, -0.05) is 26.2 Å². The van der Waals surface area contributed by atoms with Crippen LogP contribution in [0.2, 0.25) is 0 Å². The lowest BCUT2D eigenvalue weighted by atomic mass is 10.1. The maximum absolute atomic E-state index is 11.6. The molecule has 3 N–H and O–H groups in total. The molecule has 1 aliphatic carbocycles. The Bertz CT molecular complexity index is 292. The molecule has 1 saturated carbocycles. The Morgan fingerprint density at radius 3 is 2.62 bits per heavy atom. The molecule has 0 radical (unpaired) electrons. The van der Waals surface area contributed by atoms with Crippen LogP contribution in [0, 0.1) is 0 Å². The molecular weight excluding hydrogens is 228 g/mol. The van der Waals surface area contributed by atoms with Gasteiger partial charge in [0.05, 0.1) is 6.10 Å². The molecule has 1 aliphatic rings. The summed E-state index contributed by atoms with van der Waals surface area (Å²) in [6, 6.07) is -0.336. The predicted octanol–water partition coefficient (Wildman–Crippen LogP) is 0.514. The van der Waals surface area contributed by atoms with E-state index in [2.05, 4.69) is 9.44 Å². The maximum Gasteiger partial charge on any atom is 0.277 e. The summed E-state index contributed by atoms with van der Waals surface area (Å²) in [4.78, 5) is 0. The molecule has 1 fully saturated rings. The quantitative estimate of drug-likeness (QED) is 0.622. The Morgan fingerprint density at radius 2 is 1.94 bits per heavy atom. The van der Waals surface area contributed by atoms with E-state index in [-0.39, 0.29) is 6.04 Å². The van der Waals surface area contributed by atoms with Gasteiger partial charge in [-0.25, -0.2) is 4.72 Å². The van der Waals surface area contributed by atoms with Crippen LogP contribution in [-0.2, 0) is 10.2 Å². The molecule has 5 nitrogen and oxygen atoms in total. The van der Waals surface area contributed by atoms with Crippen molar-refractivity contribution in [2.24, 2.45) is 0 Å². The second kappa shape index (κ2) is 6.54. The molecule has 2 unspecified atom stereocenters. The Morgan fingerprint density at radius 1 is 1.25 bits per heavy atom. The van der Waals surface area contributed by atoms with Gasteiger partial charge in [-0.15, -0.1) is 0 Å². The third-order valence-electron chi connectivity index (χ3n) is 2.83. The van der Waals surface area contributed by atoms with Crippen molar-refractivity contribution < 1.29 is 13.5 Å². The molecule has 0 aromatic carbocycles. The third kappa shape index (κ3) is 4.78. The van der Waals surface area contributed by atoms with Gasteiger partial charge >= 0.3 is 0 Å². The van der Waals surface area contributed by atoms with Crippen molar-refractivity contribution in [3.63, 3.8) is 0 Å². The van der Waals surface area contributed by atoms with Gasteiger partial charge in [0.1, 0.15) is 0 Å². The average molecular weight is 250 g/mol. The number of nitrogens with one attached hydrogen (secondary N) is 2. The van der Waals surface area contributed by atoms with Crippen LogP contribution >= 0.6 is 0 Å². The summed E-state index contributed by atoms with van der Waals surface area (Å²) < 4.78 is 28.1. The molecular formula is C10H22N2O3S. The van der Waals surface area contributed by atoms with Crippen molar-refractivity contribution in [1.82, 2.24) is 9.44 Å². The SMILES string of the molecule is CCCNS(=O)(=O)NC1CCCCCC1O. The van der Waals surface area contributed by atoms with E-state index < -0.39 is 16.3 Å². The minimum Gasteiger partial charge on any atom is -0.391 e. The molecule has 6 heteroatoms. The predicted molar refractivity (Wildman–Crippen MR) is 63.2 cm³/mol. The van der Waals surface area contributed by atoms with Gasteiger partial charge in [0.15, 0.2) is 0 Å². The fourth-order valence-electron chi connectivity index (χ4n) is 1.90. The number of aliphatic hydroxyl groups excluding tert-OH is 1. The summed E-state index contributed by atoms with van der Waals surface area (Å²) in [6.07, 6.45) is 4.61. The summed E-state index contributed by atoms with van der Waals surface area (Å²) in [5.41, 5.74) is 0. The first-order valence-electron chi connectivity index (χ1n) is 6.00. The highest BCUT2D eigenvalue weighted by molar-refractivity contribution is 7.87. The van der Waals surface area contributed by atoms with Crippen LogP contribution in [0.4, 0.5) is 0 Å². The molecule has 0 aromatic rings. The topological polar surface area (TPSA) is 78.4 Å². The summed E-state index contributed by atoms with van der Waals surface area (Å²) in [7, 11) is -3.45. The molecule has 96 valence electrons. The zero-order chi connectivity index (χ0) is 12.0. The van der Waals surface area contributed by atoms with Crippen LogP contribution in [0.5, 0.6) is 0 Å². The monoisotopic (exact) mass is 250 g/mol. The van der Waals surface area contributed by atoms with Crippen LogP contribution < -0.4 is 9.44 Å². The van der Waals surface area contributed by atoms with Crippen molar-refractivity contribution in [2.75, 3.05) is 6.54 Å². The second-order valence-electron chi connectivity index (χ2n) is 4.33. The highest BCUT2D eigenvalue weighted by Gasteiger charge is 2.25. The van der Waals surface area contributed by atoms with E-state index in [1.54, 1.807) is 0 Å². The second-order valence-corrected chi connectivity index (χ2v) is 5.86. The Hall–Kier alpha value is -0.170. The number of rotatable bonds is 5. The first-order chi connectivity index (χ1) is 7.55. The van der Waals surface area contributed by atoms with E-state index in [1.807, 2.05) is 6.92 Å². The summed E-state index contributed by atoms with van der Waals surface area (Å²) in [6.45, 7) is 2.33. The molecule has 0 aromatic heterocycles. The van der Waals surface area contributed by atoms with Gasteiger partial charge in [0.25, 0.3) is 10.2 Å². The molecule has 0 amide bonds. The van der Waals surface area contributed by atoms with Crippen LogP contribution in [0.25, 0.3) is 0 Å². The van der Waals surface area contributed by atoms with E-state index in [0.717, 1.165) is 25.7 Å². The highest BCUT2D eigenvalue weighted by atomic mass is 32.2. The van der Waals surface area contributed by atoms with Crippen molar-refractivity contribution >= 4 is 10.2 Å². The van der Waals surface area contributed by atoms with Crippen LogP contribution in [0.3, 0.4) is 0 Å². The van der Waals surface area contributed by atoms with E-state index >= 15 is 0 Å². The van der Waals surface area contributed by atoms with Gasteiger partial charge in [-0.3, -0.25) is 0 Å². The molecule has 1 rings (SSSR count). The van der Waals surface area contributed by atoms with Crippen molar-refractivity contribution in [3.05, 3.63) is 0 Å². The lowest BCUT2D eigenvalue weighted by Crippen LogP contribution is -2.47. The molecule has 2 atom stereocenters. The lowest BCUT2D eigenvalue weighted by Gasteiger charge is -2.21. The summed E-state index contributed by atoms with van der Waals surface area (Å²) in [5.74, 6) is 0. The fourth-order valence-corrected chi connectivity index (χ4v) is 3.13. The van der Waals surface area contributed by atoms with Gasteiger partial charge in [-0.05, 0) is 19.3 Å². The Kier molecular flexibility index (Phi) is 5.68. The highest BCUT2D eigenvalue weighted by Crippen LogP contribution is 2.18. The van der Waals surface area contributed by atoms with Gasteiger partial charge in [0.2, 0.25) is 0 Å². The van der Waals surface area contributed by atoms with E-state index in [0.29, 0.717) is 19.4 Å². The zero-order valence-electron chi connectivity index (χ0n) is 9.78. The molecule has 0 aliphatic heterocycles. The van der Waals surface area contributed by atoms with E-state index in [9.17, 15) is 13.5 Å². The van der Waals surface area contributed by atoms with Crippen LogP contribution in [0.15, 0.2) is 0 Å². The minimum absolute atomic E-state index is 0.336. The van der Waals surface area contributed by atoms with Gasteiger partial charge in [-0.2, -0.15) is 13.1 Å². The summed E-state index contributed by atoms with van der Waals surface area (Å²) >= 11 is 0. The Labute approximate surface area is 97.8 Å². The van der Waals surface area contributed by atoms with E-state index in [4.69, 9.17) is 0 Å². The fraction of sp³-hybridized carbons (Fsp3) is 1.00. The Balaban J connectivity index is 2.50.